The molecule has 5 rings (SSSR count). The van der Waals surface area contributed by atoms with Crippen molar-refractivity contribution in [3.8, 4) is 45.6 Å². The van der Waals surface area contributed by atoms with Gasteiger partial charge in [-0.1, -0.05) is 30.3 Å². The Balaban J connectivity index is 1.80. The van der Waals surface area contributed by atoms with Gasteiger partial charge in [-0.25, -0.2) is 4.98 Å². The molecule has 178 valence electrons. The third-order valence-corrected chi connectivity index (χ3v) is 6.10. The molecular weight excluding hydrogens is 442 g/mol. The highest BCUT2D eigenvalue weighted by Gasteiger charge is 2.24. The van der Waals surface area contributed by atoms with Gasteiger partial charge in [-0.05, 0) is 45.9 Å². The Kier molecular flexibility index (Phi) is 5.47. The predicted molar refractivity (Wildman–Crippen MR) is 137 cm³/mol. The van der Waals surface area contributed by atoms with E-state index in [1.807, 2.05) is 76.3 Å². The fraction of sp³-hybridized carbons (Fsp3) is 0.214. The van der Waals surface area contributed by atoms with Gasteiger partial charge in [0, 0.05) is 40.8 Å². The van der Waals surface area contributed by atoms with Crippen molar-refractivity contribution < 1.29 is 14.3 Å². The minimum Gasteiger partial charge on any atom is -0.501 e. The summed E-state index contributed by atoms with van der Waals surface area (Å²) in [7, 11) is 2.01. The normalized spacial score (nSPS) is 11.5. The molecule has 0 aliphatic carbocycles. The van der Waals surface area contributed by atoms with Crippen molar-refractivity contribution in [3.05, 3.63) is 76.3 Å². The van der Waals surface area contributed by atoms with Crippen molar-refractivity contribution in [1.82, 2.24) is 14.5 Å². The quantitative estimate of drug-likeness (QED) is 0.331. The molecule has 2 N–H and O–H groups in total. The Morgan fingerprint density at radius 1 is 1.09 bits per heavy atom. The number of aromatic hydroxyl groups is 1. The van der Waals surface area contributed by atoms with Gasteiger partial charge in [-0.3, -0.25) is 4.79 Å². The van der Waals surface area contributed by atoms with Gasteiger partial charge in [-0.2, -0.15) is 0 Å². The Morgan fingerprint density at radius 2 is 1.83 bits per heavy atom. The van der Waals surface area contributed by atoms with E-state index >= 15 is 0 Å². The van der Waals surface area contributed by atoms with Crippen LogP contribution in [0.5, 0.6) is 11.5 Å². The van der Waals surface area contributed by atoms with Crippen LogP contribution in [-0.4, -0.2) is 25.7 Å². The maximum atomic E-state index is 12.4. The number of nitrogens with one attached hydrogen (secondary N) is 1. The maximum absolute atomic E-state index is 12.4. The summed E-state index contributed by atoms with van der Waals surface area (Å²) in [5, 5.41) is 11.6. The molecular formula is C28H27N3O4. The van der Waals surface area contributed by atoms with Crippen LogP contribution < -0.4 is 10.2 Å². The first-order valence-corrected chi connectivity index (χ1v) is 11.5. The number of aromatic amines is 1. The van der Waals surface area contributed by atoms with Gasteiger partial charge >= 0.3 is 0 Å². The average molecular weight is 470 g/mol. The van der Waals surface area contributed by atoms with Crippen molar-refractivity contribution in [2.45, 2.75) is 33.8 Å². The number of rotatable bonds is 5. The lowest BCUT2D eigenvalue weighted by molar-refractivity contribution is 0.243. The van der Waals surface area contributed by atoms with E-state index in [0.29, 0.717) is 23.0 Å². The predicted octanol–water partition coefficient (Wildman–Crippen LogP) is 5.97. The zero-order valence-electron chi connectivity index (χ0n) is 20.3. The molecule has 0 spiro atoms. The van der Waals surface area contributed by atoms with Crippen LogP contribution in [0.3, 0.4) is 0 Å². The summed E-state index contributed by atoms with van der Waals surface area (Å²) in [5.74, 6) is 1.39. The number of aromatic nitrogens is 3. The van der Waals surface area contributed by atoms with Crippen LogP contribution in [0.15, 0.2) is 63.8 Å². The van der Waals surface area contributed by atoms with Gasteiger partial charge in [0.15, 0.2) is 5.76 Å². The summed E-state index contributed by atoms with van der Waals surface area (Å²) < 4.78 is 13.9. The van der Waals surface area contributed by atoms with Crippen LogP contribution in [-0.2, 0) is 7.05 Å². The van der Waals surface area contributed by atoms with Gasteiger partial charge in [-0.15, -0.1) is 0 Å². The number of fused-ring (bicyclic) bond motifs is 1. The number of hydrogen-bond donors (Lipinski definition) is 2. The number of imidazole rings is 1. The molecule has 0 aliphatic rings. The van der Waals surface area contributed by atoms with Gasteiger partial charge in [0.25, 0.3) is 0 Å². The highest BCUT2D eigenvalue weighted by atomic mass is 16.5. The smallest absolute Gasteiger partial charge is 0.227 e. The van der Waals surface area contributed by atoms with Gasteiger partial charge in [0.2, 0.25) is 11.2 Å². The standard InChI is InChI=1S/C28H27N3O4/c1-15(2)34-19-11-12-21-20(14-19)23(17(4)31(21)5)28-29-24(18-9-7-6-8-10-18)25(30-28)27-26(33)22(32)13-16(3)35-27/h6-15,33H,1-5H3,(H,29,30). The molecule has 0 amide bonds. The summed E-state index contributed by atoms with van der Waals surface area (Å²) in [6.07, 6.45) is 0.0489. The van der Waals surface area contributed by atoms with Gasteiger partial charge < -0.3 is 23.8 Å². The van der Waals surface area contributed by atoms with Crippen LogP contribution >= 0.6 is 0 Å². The van der Waals surface area contributed by atoms with Crippen molar-refractivity contribution in [2.75, 3.05) is 0 Å². The second-order valence-electron chi connectivity index (χ2n) is 8.94. The van der Waals surface area contributed by atoms with E-state index in [0.717, 1.165) is 33.5 Å². The van der Waals surface area contributed by atoms with Crippen LogP contribution in [0.4, 0.5) is 0 Å². The minimum absolute atomic E-state index is 0.0489. The summed E-state index contributed by atoms with van der Waals surface area (Å²) >= 11 is 0. The molecule has 3 aromatic heterocycles. The summed E-state index contributed by atoms with van der Waals surface area (Å²) in [6, 6.07) is 16.9. The van der Waals surface area contributed by atoms with Crippen LogP contribution in [0.2, 0.25) is 0 Å². The monoisotopic (exact) mass is 469 g/mol. The first kappa shape index (κ1) is 22.5. The number of benzene rings is 2. The lowest BCUT2D eigenvalue weighted by Crippen LogP contribution is -2.05. The molecule has 0 fully saturated rings. The summed E-state index contributed by atoms with van der Waals surface area (Å²) in [6.45, 7) is 7.70. The fourth-order valence-electron chi connectivity index (χ4n) is 4.43. The molecule has 0 atom stereocenters. The summed E-state index contributed by atoms with van der Waals surface area (Å²) in [4.78, 5) is 20.7. The minimum atomic E-state index is -0.504. The van der Waals surface area contributed by atoms with E-state index in [4.69, 9.17) is 14.1 Å². The number of hydrogen-bond acceptors (Lipinski definition) is 5. The fourth-order valence-corrected chi connectivity index (χ4v) is 4.43. The lowest BCUT2D eigenvalue weighted by atomic mass is 10.1. The van der Waals surface area contributed by atoms with E-state index in [9.17, 15) is 9.90 Å². The highest BCUT2D eigenvalue weighted by Crippen LogP contribution is 2.40. The van der Waals surface area contributed by atoms with Crippen LogP contribution in [0.1, 0.15) is 25.3 Å². The molecule has 0 unspecified atom stereocenters. The molecule has 5 aromatic rings. The average Bonchev–Trinajstić information content (AvgIpc) is 3.35. The van der Waals surface area contributed by atoms with Crippen molar-refractivity contribution in [1.29, 1.82) is 0 Å². The van der Waals surface area contributed by atoms with E-state index in [-0.39, 0.29) is 11.9 Å². The second kappa shape index (κ2) is 8.51. The molecule has 3 heterocycles. The number of nitrogens with zero attached hydrogens (tertiary/aromatic N) is 2. The van der Waals surface area contributed by atoms with Crippen molar-refractivity contribution in [3.63, 3.8) is 0 Å². The Bertz CT molecular complexity index is 1610. The maximum Gasteiger partial charge on any atom is 0.227 e. The first-order chi connectivity index (χ1) is 16.7. The van der Waals surface area contributed by atoms with Crippen LogP contribution in [0.25, 0.3) is 45.0 Å². The van der Waals surface area contributed by atoms with E-state index in [1.54, 1.807) is 6.92 Å². The molecule has 0 aliphatic heterocycles. The lowest BCUT2D eigenvalue weighted by Gasteiger charge is -2.09. The SMILES string of the molecule is Cc1cc(=O)c(O)c(-c2[nH]c(-c3c(C)n(C)c4ccc(OC(C)C)cc34)nc2-c2ccccc2)o1. The van der Waals surface area contributed by atoms with Gasteiger partial charge in [0.05, 0.1) is 6.10 Å². The van der Waals surface area contributed by atoms with E-state index in [2.05, 4.69) is 9.55 Å². The molecule has 7 nitrogen and oxygen atoms in total. The molecule has 35 heavy (non-hydrogen) atoms. The molecule has 2 aromatic carbocycles. The largest absolute Gasteiger partial charge is 0.501 e. The first-order valence-electron chi connectivity index (χ1n) is 11.5. The van der Waals surface area contributed by atoms with Gasteiger partial charge in [0.1, 0.15) is 28.7 Å². The van der Waals surface area contributed by atoms with Crippen molar-refractivity contribution >= 4 is 10.9 Å². The molecule has 0 saturated heterocycles. The number of ether oxygens (including phenoxy) is 1. The second-order valence-corrected chi connectivity index (χ2v) is 8.94. The highest BCUT2D eigenvalue weighted by molar-refractivity contribution is 5.98. The molecule has 0 radical (unpaired) electrons. The Morgan fingerprint density at radius 3 is 2.54 bits per heavy atom. The zero-order valence-corrected chi connectivity index (χ0v) is 20.3. The van der Waals surface area contributed by atoms with Crippen molar-refractivity contribution in [2.24, 2.45) is 7.05 Å². The third-order valence-electron chi connectivity index (χ3n) is 6.10. The molecule has 7 heteroatoms. The van der Waals surface area contributed by atoms with Crippen LogP contribution in [0, 0.1) is 13.8 Å². The number of aryl methyl sites for hydroxylation is 2. The topological polar surface area (TPSA) is 93.3 Å². The van der Waals surface area contributed by atoms with E-state index < -0.39 is 11.2 Å². The molecule has 0 saturated carbocycles. The third kappa shape index (κ3) is 3.89. The zero-order chi connectivity index (χ0) is 24.9. The molecule has 0 bridgehead atoms. The Hall–Kier alpha value is -4.26. The van der Waals surface area contributed by atoms with E-state index in [1.165, 1.54) is 6.07 Å². The number of H-pyrrole nitrogens is 1. The Labute approximate surface area is 202 Å². The summed E-state index contributed by atoms with van der Waals surface area (Å²) in [5.41, 5.74) is 4.31.